The van der Waals surface area contributed by atoms with Crippen molar-refractivity contribution < 1.29 is 14.3 Å². The number of carbonyl (C=O) groups is 2. The summed E-state index contributed by atoms with van der Waals surface area (Å²) in [5, 5.41) is 2.84. The quantitative estimate of drug-likeness (QED) is 0.850. The van der Waals surface area contributed by atoms with E-state index in [-0.39, 0.29) is 30.3 Å². The van der Waals surface area contributed by atoms with Crippen LogP contribution in [0.1, 0.15) is 27.7 Å². The fraction of sp³-hybridized carbons (Fsp3) is 0.529. The van der Waals surface area contributed by atoms with Crippen molar-refractivity contribution in [2.45, 2.75) is 39.8 Å². The number of nitrogens with one attached hydrogen (secondary N) is 1. The summed E-state index contributed by atoms with van der Waals surface area (Å²) in [5.41, 5.74) is 0.886. The van der Waals surface area contributed by atoms with E-state index in [4.69, 9.17) is 4.74 Å². The number of hydrogen-bond donors (Lipinski definition) is 1. The van der Waals surface area contributed by atoms with Gasteiger partial charge in [0.1, 0.15) is 11.9 Å². The van der Waals surface area contributed by atoms with Crippen LogP contribution < -0.4 is 15.0 Å². The van der Waals surface area contributed by atoms with Crippen molar-refractivity contribution in [2.75, 3.05) is 18.0 Å². The number of hydrogen-bond acceptors (Lipinski definition) is 4. The number of rotatable bonds is 5. The highest BCUT2D eigenvalue weighted by Gasteiger charge is 2.27. The Balaban J connectivity index is 2.12. The SMILES string of the molecule is CC(=O)C(NC(=O)CN1CC(C)Oc2ccc(Br)cc21)C(C)C. The number of amides is 1. The summed E-state index contributed by atoms with van der Waals surface area (Å²) in [6, 6.07) is 5.31. The van der Waals surface area contributed by atoms with E-state index in [1.54, 1.807) is 0 Å². The van der Waals surface area contributed by atoms with Crippen molar-refractivity contribution in [3.05, 3.63) is 22.7 Å². The van der Waals surface area contributed by atoms with Gasteiger partial charge in [-0.15, -0.1) is 0 Å². The predicted molar refractivity (Wildman–Crippen MR) is 93.9 cm³/mol. The molecule has 23 heavy (non-hydrogen) atoms. The van der Waals surface area contributed by atoms with Gasteiger partial charge in [-0.3, -0.25) is 9.59 Å². The van der Waals surface area contributed by atoms with Gasteiger partial charge in [0.15, 0.2) is 5.78 Å². The second kappa shape index (κ2) is 7.34. The zero-order valence-electron chi connectivity index (χ0n) is 13.9. The van der Waals surface area contributed by atoms with E-state index in [0.717, 1.165) is 15.9 Å². The van der Waals surface area contributed by atoms with Crippen LogP contribution >= 0.6 is 15.9 Å². The highest BCUT2D eigenvalue weighted by Crippen LogP contribution is 2.35. The Kier molecular flexibility index (Phi) is 5.68. The van der Waals surface area contributed by atoms with E-state index < -0.39 is 6.04 Å². The second-order valence-corrected chi connectivity index (χ2v) is 7.24. The summed E-state index contributed by atoms with van der Waals surface area (Å²) in [5.74, 6) is 0.666. The molecule has 0 bridgehead atoms. The van der Waals surface area contributed by atoms with Crippen LogP contribution in [-0.2, 0) is 9.59 Å². The topological polar surface area (TPSA) is 58.6 Å². The zero-order valence-corrected chi connectivity index (χ0v) is 15.5. The van der Waals surface area contributed by atoms with Gasteiger partial charge in [0.25, 0.3) is 0 Å². The lowest BCUT2D eigenvalue weighted by molar-refractivity contribution is -0.127. The Bertz CT molecular complexity index is 604. The number of halogens is 1. The molecule has 0 radical (unpaired) electrons. The van der Waals surface area contributed by atoms with Gasteiger partial charge in [0.2, 0.25) is 5.91 Å². The van der Waals surface area contributed by atoms with Crippen molar-refractivity contribution in [1.29, 1.82) is 0 Å². The van der Waals surface area contributed by atoms with Crippen LogP contribution in [0, 0.1) is 5.92 Å². The molecule has 1 aromatic rings. The van der Waals surface area contributed by atoms with Crippen molar-refractivity contribution in [2.24, 2.45) is 5.92 Å². The van der Waals surface area contributed by atoms with Crippen LogP contribution in [0.2, 0.25) is 0 Å². The van der Waals surface area contributed by atoms with Gasteiger partial charge in [-0.1, -0.05) is 29.8 Å². The fourth-order valence-corrected chi connectivity index (χ4v) is 3.13. The van der Waals surface area contributed by atoms with Crippen LogP contribution in [0.15, 0.2) is 22.7 Å². The summed E-state index contributed by atoms with van der Waals surface area (Å²) >= 11 is 3.45. The lowest BCUT2D eigenvalue weighted by Crippen LogP contribution is -2.49. The first kappa shape index (κ1) is 17.8. The molecule has 6 heteroatoms. The van der Waals surface area contributed by atoms with E-state index in [2.05, 4.69) is 21.2 Å². The van der Waals surface area contributed by atoms with Gasteiger partial charge in [-0.05, 0) is 38.0 Å². The molecule has 1 N–H and O–H groups in total. The Labute approximate surface area is 145 Å². The molecular weight excluding hydrogens is 360 g/mol. The first-order valence-corrected chi connectivity index (χ1v) is 8.58. The molecule has 0 aliphatic carbocycles. The van der Waals surface area contributed by atoms with Crippen LogP contribution in [0.4, 0.5) is 5.69 Å². The number of nitrogens with zero attached hydrogens (tertiary/aromatic N) is 1. The molecule has 1 aliphatic rings. The van der Waals surface area contributed by atoms with Crippen LogP contribution in [0.25, 0.3) is 0 Å². The lowest BCUT2D eigenvalue weighted by Gasteiger charge is -2.35. The summed E-state index contributed by atoms with van der Waals surface area (Å²) in [4.78, 5) is 26.0. The number of Topliss-reactive ketones (excluding diaryl/α,β-unsaturated/α-hetero) is 1. The number of benzene rings is 1. The third-order valence-corrected chi connectivity index (χ3v) is 4.32. The monoisotopic (exact) mass is 382 g/mol. The average Bonchev–Trinajstić information content (AvgIpc) is 2.44. The molecule has 2 rings (SSSR count). The van der Waals surface area contributed by atoms with Crippen molar-refractivity contribution in [3.8, 4) is 5.75 Å². The molecule has 0 spiro atoms. The highest BCUT2D eigenvalue weighted by atomic mass is 79.9. The molecule has 0 saturated carbocycles. The Morgan fingerprint density at radius 1 is 1.43 bits per heavy atom. The summed E-state index contributed by atoms with van der Waals surface area (Å²) < 4.78 is 6.74. The van der Waals surface area contributed by atoms with E-state index in [0.29, 0.717) is 6.54 Å². The third kappa shape index (κ3) is 4.47. The van der Waals surface area contributed by atoms with Gasteiger partial charge in [-0.2, -0.15) is 0 Å². The largest absolute Gasteiger partial charge is 0.487 e. The number of ketones is 1. The lowest BCUT2D eigenvalue weighted by atomic mass is 10.0. The predicted octanol–water partition coefficient (Wildman–Crippen LogP) is 2.77. The minimum Gasteiger partial charge on any atom is -0.487 e. The van der Waals surface area contributed by atoms with Gasteiger partial charge >= 0.3 is 0 Å². The number of carbonyl (C=O) groups excluding carboxylic acids is 2. The van der Waals surface area contributed by atoms with Gasteiger partial charge in [0, 0.05) is 4.47 Å². The van der Waals surface area contributed by atoms with Crippen molar-refractivity contribution in [1.82, 2.24) is 5.32 Å². The van der Waals surface area contributed by atoms with Crippen molar-refractivity contribution >= 4 is 33.3 Å². The van der Waals surface area contributed by atoms with Crippen LogP contribution in [0.3, 0.4) is 0 Å². The minimum absolute atomic E-state index is 0.00479. The highest BCUT2D eigenvalue weighted by molar-refractivity contribution is 9.10. The molecule has 5 nitrogen and oxygen atoms in total. The van der Waals surface area contributed by atoms with Crippen molar-refractivity contribution in [3.63, 3.8) is 0 Å². The van der Waals surface area contributed by atoms with Crippen LogP contribution in [-0.4, -0.2) is 36.9 Å². The summed E-state index contributed by atoms with van der Waals surface area (Å²) in [6.45, 7) is 8.17. The maximum atomic E-state index is 12.4. The fourth-order valence-electron chi connectivity index (χ4n) is 2.78. The first-order chi connectivity index (χ1) is 10.8. The standard InChI is InChI=1S/C17H23BrN2O3/c1-10(2)17(12(4)21)19-16(22)9-20-8-11(3)23-15-6-5-13(18)7-14(15)20/h5-7,10-11,17H,8-9H2,1-4H3,(H,19,22). The number of ether oxygens (including phenoxy) is 1. The average molecular weight is 383 g/mol. The normalized spacial score (nSPS) is 18.2. The molecule has 2 unspecified atom stereocenters. The molecule has 0 aromatic heterocycles. The number of anilines is 1. The molecular formula is C17H23BrN2O3. The molecule has 0 saturated heterocycles. The molecule has 1 aromatic carbocycles. The van der Waals surface area contributed by atoms with E-state index in [1.807, 2.05) is 43.9 Å². The third-order valence-electron chi connectivity index (χ3n) is 3.82. The molecule has 1 aliphatic heterocycles. The van der Waals surface area contributed by atoms with Gasteiger partial charge in [0.05, 0.1) is 24.8 Å². The van der Waals surface area contributed by atoms with E-state index >= 15 is 0 Å². The molecule has 126 valence electrons. The second-order valence-electron chi connectivity index (χ2n) is 6.32. The van der Waals surface area contributed by atoms with E-state index in [1.165, 1.54) is 6.92 Å². The smallest absolute Gasteiger partial charge is 0.240 e. The molecule has 2 atom stereocenters. The maximum absolute atomic E-state index is 12.4. The Hall–Kier alpha value is -1.56. The Morgan fingerprint density at radius 3 is 2.74 bits per heavy atom. The first-order valence-electron chi connectivity index (χ1n) is 7.79. The molecule has 1 amide bonds. The zero-order chi connectivity index (χ0) is 17.1. The maximum Gasteiger partial charge on any atom is 0.240 e. The number of fused-ring (bicyclic) bond motifs is 1. The summed E-state index contributed by atoms with van der Waals surface area (Å²) in [6.07, 6.45) is 0.00479. The minimum atomic E-state index is -0.442. The molecule has 1 heterocycles. The van der Waals surface area contributed by atoms with Gasteiger partial charge in [-0.25, -0.2) is 0 Å². The van der Waals surface area contributed by atoms with Gasteiger partial charge < -0.3 is 15.0 Å². The van der Waals surface area contributed by atoms with Crippen LogP contribution in [0.5, 0.6) is 5.75 Å². The van der Waals surface area contributed by atoms with E-state index in [9.17, 15) is 9.59 Å². The summed E-state index contributed by atoms with van der Waals surface area (Å²) in [7, 11) is 0. The Morgan fingerprint density at radius 2 is 2.13 bits per heavy atom. The molecule has 0 fully saturated rings.